The largest absolute Gasteiger partial charge is 0.322 e. The molecule has 0 aliphatic heterocycles. The predicted octanol–water partition coefficient (Wildman–Crippen LogP) is 4.58. The topological polar surface area (TPSA) is 41.1 Å². The fraction of sp³-hybridized carbons (Fsp3) is 0.190. The van der Waals surface area contributed by atoms with Crippen molar-refractivity contribution in [3.63, 3.8) is 0 Å². The number of nitrogens with one attached hydrogen (secondary N) is 2. The predicted molar refractivity (Wildman–Crippen MR) is 100 cm³/mol. The second-order valence-corrected chi connectivity index (χ2v) is 6.20. The van der Waals surface area contributed by atoms with E-state index in [9.17, 15) is 9.18 Å². The van der Waals surface area contributed by atoms with E-state index in [-0.39, 0.29) is 24.2 Å². The Morgan fingerprint density at radius 2 is 1.84 bits per heavy atom. The fourth-order valence-electron chi connectivity index (χ4n) is 2.90. The molecule has 1 atom stereocenters. The second kappa shape index (κ2) is 7.45. The lowest BCUT2D eigenvalue weighted by atomic mass is 10.00. The average Bonchev–Trinajstić information content (AvgIpc) is 2.61. The first-order valence-corrected chi connectivity index (χ1v) is 8.31. The van der Waals surface area contributed by atoms with Crippen molar-refractivity contribution >= 4 is 22.4 Å². The number of rotatable bonds is 5. The summed E-state index contributed by atoms with van der Waals surface area (Å²) in [5.41, 5.74) is 2.15. The van der Waals surface area contributed by atoms with Crippen LogP contribution in [-0.2, 0) is 4.79 Å². The molecule has 128 valence electrons. The molecule has 0 fully saturated rings. The minimum Gasteiger partial charge on any atom is -0.322 e. The van der Waals surface area contributed by atoms with Gasteiger partial charge in [-0.05, 0) is 47.9 Å². The molecule has 0 spiro atoms. The highest BCUT2D eigenvalue weighted by Crippen LogP contribution is 2.24. The van der Waals surface area contributed by atoms with Crippen LogP contribution in [0.2, 0.25) is 0 Å². The zero-order chi connectivity index (χ0) is 17.8. The Hall–Kier alpha value is -2.72. The number of hydrogen-bond donors (Lipinski definition) is 2. The van der Waals surface area contributed by atoms with Gasteiger partial charge in [0.05, 0.1) is 12.2 Å². The van der Waals surface area contributed by atoms with E-state index in [4.69, 9.17) is 0 Å². The SMILES string of the molecule is Cc1ccc(NC(=O)CN[C@H](C)c2cccc3ccccc23)c(F)c1. The number of halogens is 1. The van der Waals surface area contributed by atoms with Crippen molar-refractivity contribution < 1.29 is 9.18 Å². The van der Waals surface area contributed by atoms with E-state index >= 15 is 0 Å². The third kappa shape index (κ3) is 4.03. The molecule has 0 heterocycles. The van der Waals surface area contributed by atoms with Crippen LogP contribution >= 0.6 is 0 Å². The number of hydrogen-bond acceptors (Lipinski definition) is 2. The van der Waals surface area contributed by atoms with Crippen LogP contribution in [-0.4, -0.2) is 12.5 Å². The van der Waals surface area contributed by atoms with Crippen molar-refractivity contribution in [1.29, 1.82) is 0 Å². The molecule has 25 heavy (non-hydrogen) atoms. The van der Waals surface area contributed by atoms with Crippen molar-refractivity contribution in [3.05, 3.63) is 77.6 Å². The Labute approximate surface area is 146 Å². The summed E-state index contributed by atoms with van der Waals surface area (Å²) in [6, 6.07) is 19.0. The molecule has 0 aliphatic rings. The monoisotopic (exact) mass is 336 g/mol. The minimum absolute atomic E-state index is 0.000264. The quantitative estimate of drug-likeness (QED) is 0.716. The van der Waals surface area contributed by atoms with E-state index < -0.39 is 5.82 Å². The van der Waals surface area contributed by atoms with Gasteiger partial charge in [0.25, 0.3) is 0 Å². The molecular formula is C21H21FN2O. The van der Waals surface area contributed by atoms with Crippen molar-refractivity contribution in [2.24, 2.45) is 0 Å². The third-order valence-corrected chi connectivity index (χ3v) is 4.26. The Kier molecular flexibility index (Phi) is 5.10. The Bertz CT molecular complexity index is 902. The van der Waals surface area contributed by atoms with Crippen molar-refractivity contribution in [1.82, 2.24) is 5.32 Å². The highest BCUT2D eigenvalue weighted by molar-refractivity contribution is 5.92. The number of aryl methyl sites for hydroxylation is 1. The molecule has 3 rings (SSSR count). The molecule has 0 bridgehead atoms. The Morgan fingerprint density at radius 3 is 2.64 bits per heavy atom. The van der Waals surface area contributed by atoms with Crippen LogP contribution in [0.25, 0.3) is 10.8 Å². The summed E-state index contributed by atoms with van der Waals surface area (Å²) in [6.07, 6.45) is 0. The van der Waals surface area contributed by atoms with Gasteiger partial charge < -0.3 is 10.6 Å². The first kappa shape index (κ1) is 17.1. The highest BCUT2D eigenvalue weighted by Gasteiger charge is 2.12. The lowest BCUT2D eigenvalue weighted by Gasteiger charge is -2.16. The Morgan fingerprint density at radius 1 is 1.08 bits per heavy atom. The van der Waals surface area contributed by atoms with Crippen LogP contribution in [0.1, 0.15) is 24.1 Å². The highest BCUT2D eigenvalue weighted by atomic mass is 19.1. The van der Waals surface area contributed by atoms with E-state index in [1.165, 1.54) is 11.5 Å². The number of anilines is 1. The smallest absolute Gasteiger partial charge is 0.238 e. The Balaban J connectivity index is 1.65. The van der Waals surface area contributed by atoms with Crippen LogP contribution in [0.4, 0.5) is 10.1 Å². The summed E-state index contributed by atoms with van der Waals surface area (Å²) >= 11 is 0. The fourth-order valence-corrected chi connectivity index (χ4v) is 2.90. The zero-order valence-corrected chi connectivity index (χ0v) is 14.3. The summed E-state index contributed by atoms with van der Waals surface area (Å²) < 4.78 is 13.8. The average molecular weight is 336 g/mol. The van der Waals surface area contributed by atoms with E-state index in [1.54, 1.807) is 12.1 Å². The maximum Gasteiger partial charge on any atom is 0.238 e. The maximum atomic E-state index is 13.8. The summed E-state index contributed by atoms with van der Waals surface area (Å²) in [6.45, 7) is 3.93. The summed E-state index contributed by atoms with van der Waals surface area (Å²) in [4.78, 5) is 12.1. The maximum absolute atomic E-state index is 13.8. The van der Waals surface area contributed by atoms with Gasteiger partial charge >= 0.3 is 0 Å². The van der Waals surface area contributed by atoms with Gasteiger partial charge in [0, 0.05) is 6.04 Å². The summed E-state index contributed by atoms with van der Waals surface area (Å²) in [5.74, 6) is -0.690. The molecule has 0 unspecified atom stereocenters. The first-order chi connectivity index (χ1) is 12.0. The van der Waals surface area contributed by atoms with Gasteiger partial charge in [0.15, 0.2) is 0 Å². The third-order valence-electron chi connectivity index (χ3n) is 4.26. The van der Waals surface area contributed by atoms with Gasteiger partial charge in [0.1, 0.15) is 5.82 Å². The van der Waals surface area contributed by atoms with E-state index in [2.05, 4.69) is 34.9 Å². The molecule has 0 saturated carbocycles. The van der Waals surface area contributed by atoms with E-state index in [1.807, 2.05) is 32.0 Å². The molecule has 3 aromatic carbocycles. The normalized spacial score (nSPS) is 12.1. The van der Waals surface area contributed by atoms with Gasteiger partial charge in [-0.2, -0.15) is 0 Å². The van der Waals surface area contributed by atoms with Gasteiger partial charge in [0.2, 0.25) is 5.91 Å². The molecule has 0 aliphatic carbocycles. The summed E-state index contributed by atoms with van der Waals surface area (Å²) in [7, 11) is 0. The van der Waals surface area contributed by atoms with Gasteiger partial charge in [-0.25, -0.2) is 4.39 Å². The number of fused-ring (bicyclic) bond motifs is 1. The molecule has 0 aromatic heterocycles. The van der Waals surface area contributed by atoms with Crippen molar-refractivity contribution in [3.8, 4) is 0 Å². The van der Waals surface area contributed by atoms with Crippen molar-refractivity contribution in [2.75, 3.05) is 11.9 Å². The number of carbonyl (C=O) groups excluding carboxylic acids is 1. The molecule has 1 amide bonds. The molecule has 0 radical (unpaired) electrons. The van der Waals surface area contributed by atoms with Crippen LogP contribution in [0.3, 0.4) is 0 Å². The molecule has 2 N–H and O–H groups in total. The van der Waals surface area contributed by atoms with Crippen LogP contribution in [0.5, 0.6) is 0 Å². The molecular weight excluding hydrogens is 315 g/mol. The number of carbonyl (C=O) groups is 1. The van der Waals surface area contributed by atoms with Crippen molar-refractivity contribution in [2.45, 2.75) is 19.9 Å². The second-order valence-electron chi connectivity index (χ2n) is 6.20. The first-order valence-electron chi connectivity index (χ1n) is 8.31. The van der Waals surface area contributed by atoms with E-state index in [0.29, 0.717) is 0 Å². The van der Waals surface area contributed by atoms with Gasteiger partial charge in [-0.3, -0.25) is 4.79 Å². The van der Waals surface area contributed by atoms with Gasteiger partial charge in [-0.1, -0.05) is 48.5 Å². The molecule has 3 nitrogen and oxygen atoms in total. The lowest BCUT2D eigenvalue weighted by Crippen LogP contribution is -2.30. The zero-order valence-electron chi connectivity index (χ0n) is 14.3. The van der Waals surface area contributed by atoms with Crippen LogP contribution in [0.15, 0.2) is 60.7 Å². The standard InChI is InChI=1S/C21H21FN2O/c1-14-10-11-20(19(22)12-14)24-21(25)13-23-15(2)17-9-5-7-16-6-3-4-8-18(16)17/h3-12,15,23H,13H2,1-2H3,(H,24,25)/t15-/m1/s1. The van der Waals surface area contributed by atoms with Crippen LogP contribution in [0, 0.1) is 12.7 Å². The number of amides is 1. The van der Waals surface area contributed by atoms with E-state index in [0.717, 1.165) is 16.5 Å². The lowest BCUT2D eigenvalue weighted by molar-refractivity contribution is -0.115. The van der Waals surface area contributed by atoms with Gasteiger partial charge in [-0.15, -0.1) is 0 Å². The van der Waals surface area contributed by atoms with Crippen LogP contribution < -0.4 is 10.6 Å². The number of benzene rings is 3. The molecule has 4 heteroatoms. The molecule has 3 aromatic rings. The molecule has 0 saturated heterocycles. The minimum atomic E-state index is -0.421. The summed E-state index contributed by atoms with van der Waals surface area (Å²) in [5, 5.41) is 8.14.